The van der Waals surface area contributed by atoms with E-state index in [0.29, 0.717) is 22.2 Å². The van der Waals surface area contributed by atoms with Gasteiger partial charge >= 0.3 is 0 Å². The molecule has 0 saturated heterocycles. The minimum atomic E-state index is -0.432. The largest absolute Gasteiger partial charge is 0.483 e. The number of carbonyl (C=O) groups is 1. The predicted molar refractivity (Wildman–Crippen MR) is 89.7 cm³/mol. The molecule has 0 atom stereocenters. The quantitative estimate of drug-likeness (QED) is 0.802. The van der Waals surface area contributed by atoms with Crippen molar-refractivity contribution in [1.29, 1.82) is 0 Å². The van der Waals surface area contributed by atoms with Crippen molar-refractivity contribution in [2.75, 3.05) is 11.9 Å². The Labute approximate surface area is 137 Å². The third-order valence-corrected chi connectivity index (χ3v) is 3.55. The van der Waals surface area contributed by atoms with E-state index in [9.17, 15) is 14.0 Å². The molecule has 5 nitrogen and oxygen atoms in total. The lowest BCUT2D eigenvalue weighted by Crippen LogP contribution is -2.20. The molecule has 3 rings (SSSR count). The van der Waals surface area contributed by atoms with Gasteiger partial charge < -0.3 is 14.6 Å². The number of aromatic nitrogens is 1. The zero-order valence-corrected chi connectivity index (χ0v) is 13.0. The van der Waals surface area contributed by atoms with Crippen LogP contribution in [0.4, 0.5) is 10.1 Å². The number of benzene rings is 2. The van der Waals surface area contributed by atoms with Crippen molar-refractivity contribution in [2.45, 2.75) is 0 Å². The number of nitrogens with one attached hydrogen (secondary N) is 1. The molecule has 122 valence electrons. The number of aryl methyl sites for hydroxylation is 1. The minimum absolute atomic E-state index is 0.137. The maximum Gasteiger partial charge on any atom is 0.262 e. The number of hydrogen-bond donors (Lipinski definition) is 1. The summed E-state index contributed by atoms with van der Waals surface area (Å²) >= 11 is 0. The van der Waals surface area contributed by atoms with Crippen LogP contribution < -0.4 is 15.6 Å². The molecule has 1 N–H and O–H groups in total. The van der Waals surface area contributed by atoms with E-state index in [1.54, 1.807) is 43.6 Å². The lowest BCUT2D eigenvalue weighted by Gasteiger charge is -2.10. The summed E-state index contributed by atoms with van der Waals surface area (Å²) < 4.78 is 20.1. The number of pyridine rings is 1. The van der Waals surface area contributed by atoms with E-state index in [-0.39, 0.29) is 12.2 Å². The normalized spacial score (nSPS) is 10.6. The van der Waals surface area contributed by atoms with E-state index in [1.165, 1.54) is 22.8 Å². The molecular weight excluding hydrogens is 311 g/mol. The highest BCUT2D eigenvalue weighted by molar-refractivity contribution is 5.92. The monoisotopic (exact) mass is 326 g/mol. The summed E-state index contributed by atoms with van der Waals surface area (Å²) in [6.45, 7) is -0.245. The van der Waals surface area contributed by atoms with Gasteiger partial charge in [0.1, 0.15) is 11.6 Å². The van der Waals surface area contributed by atoms with Crippen LogP contribution >= 0.6 is 0 Å². The number of hydrogen-bond acceptors (Lipinski definition) is 3. The fraction of sp³-hybridized carbons (Fsp3) is 0.111. The molecule has 1 heterocycles. The standard InChI is InChI=1S/C18H15FN2O3/c1-21-9-8-14-15(18(21)23)6-3-7-16(14)24-11-17(22)20-13-5-2-4-12(19)10-13/h2-10H,11H2,1H3,(H,20,22). The van der Waals surface area contributed by atoms with Gasteiger partial charge in [-0.1, -0.05) is 12.1 Å². The summed E-state index contributed by atoms with van der Waals surface area (Å²) in [7, 11) is 1.67. The van der Waals surface area contributed by atoms with Crippen LogP contribution in [0.3, 0.4) is 0 Å². The first-order valence-electron chi connectivity index (χ1n) is 7.31. The van der Waals surface area contributed by atoms with Crippen LogP contribution in [0.5, 0.6) is 5.75 Å². The first kappa shape index (κ1) is 15.7. The third-order valence-electron chi connectivity index (χ3n) is 3.55. The third kappa shape index (κ3) is 3.27. The summed E-state index contributed by atoms with van der Waals surface area (Å²) in [4.78, 5) is 24.0. The van der Waals surface area contributed by atoms with Crippen LogP contribution in [0.25, 0.3) is 10.8 Å². The highest BCUT2D eigenvalue weighted by atomic mass is 19.1. The lowest BCUT2D eigenvalue weighted by atomic mass is 10.1. The first-order valence-corrected chi connectivity index (χ1v) is 7.31. The number of fused-ring (bicyclic) bond motifs is 1. The topological polar surface area (TPSA) is 60.3 Å². The van der Waals surface area contributed by atoms with E-state index < -0.39 is 11.7 Å². The second-order valence-corrected chi connectivity index (χ2v) is 5.30. The summed E-state index contributed by atoms with van der Waals surface area (Å²) in [6.07, 6.45) is 1.64. The van der Waals surface area contributed by atoms with Crippen LogP contribution in [0, 0.1) is 5.82 Å². The fourth-order valence-corrected chi connectivity index (χ4v) is 2.38. The molecule has 0 radical (unpaired) electrons. The molecule has 0 spiro atoms. The van der Waals surface area contributed by atoms with Gasteiger partial charge in [0.2, 0.25) is 0 Å². The molecular formula is C18H15FN2O3. The van der Waals surface area contributed by atoms with Crippen LogP contribution in [0.2, 0.25) is 0 Å². The fourth-order valence-electron chi connectivity index (χ4n) is 2.38. The predicted octanol–water partition coefficient (Wildman–Crippen LogP) is 2.70. The smallest absolute Gasteiger partial charge is 0.262 e. The minimum Gasteiger partial charge on any atom is -0.483 e. The average molecular weight is 326 g/mol. The van der Waals surface area contributed by atoms with Crippen molar-refractivity contribution in [3.8, 4) is 5.75 Å². The Kier molecular flexibility index (Phi) is 4.29. The highest BCUT2D eigenvalue weighted by Crippen LogP contribution is 2.23. The summed E-state index contributed by atoms with van der Waals surface area (Å²) in [5.41, 5.74) is 0.220. The van der Waals surface area contributed by atoms with Crippen molar-refractivity contribution in [3.05, 3.63) is 70.9 Å². The van der Waals surface area contributed by atoms with E-state index in [0.717, 1.165) is 0 Å². The van der Waals surface area contributed by atoms with Crippen LogP contribution in [0.1, 0.15) is 0 Å². The van der Waals surface area contributed by atoms with E-state index in [4.69, 9.17) is 4.74 Å². The molecule has 0 aliphatic heterocycles. The van der Waals surface area contributed by atoms with Crippen molar-refractivity contribution >= 4 is 22.4 Å². The molecule has 0 fully saturated rings. The van der Waals surface area contributed by atoms with Crippen LogP contribution in [-0.2, 0) is 11.8 Å². The van der Waals surface area contributed by atoms with Crippen LogP contribution in [0.15, 0.2) is 59.5 Å². The molecule has 0 unspecified atom stereocenters. The maximum atomic E-state index is 13.1. The zero-order valence-electron chi connectivity index (χ0n) is 13.0. The Morgan fingerprint density at radius 3 is 2.75 bits per heavy atom. The Morgan fingerprint density at radius 1 is 1.17 bits per heavy atom. The second kappa shape index (κ2) is 6.54. The zero-order chi connectivity index (χ0) is 17.1. The number of nitrogens with zero attached hydrogens (tertiary/aromatic N) is 1. The Balaban J connectivity index is 1.75. The molecule has 0 bridgehead atoms. The van der Waals surface area contributed by atoms with Gasteiger partial charge in [0, 0.05) is 24.3 Å². The van der Waals surface area contributed by atoms with Gasteiger partial charge in [-0.15, -0.1) is 0 Å². The van der Waals surface area contributed by atoms with Gasteiger partial charge in [0.05, 0.1) is 5.39 Å². The SMILES string of the molecule is Cn1ccc2c(OCC(=O)Nc3cccc(F)c3)cccc2c1=O. The van der Waals surface area contributed by atoms with Gasteiger partial charge in [0.15, 0.2) is 6.61 Å². The molecule has 6 heteroatoms. The molecule has 0 saturated carbocycles. The van der Waals surface area contributed by atoms with Crippen molar-refractivity contribution in [2.24, 2.45) is 7.05 Å². The second-order valence-electron chi connectivity index (χ2n) is 5.30. The lowest BCUT2D eigenvalue weighted by molar-refractivity contribution is -0.118. The van der Waals surface area contributed by atoms with Gasteiger partial charge in [-0.3, -0.25) is 9.59 Å². The Morgan fingerprint density at radius 2 is 1.96 bits per heavy atom. The van der Waals surface area contributed by atoms with Crippen molar-refractivity contribution in [3.63, 3.8) is 0 Å². The average Bonchev–Trinajstić information content (AvgIpc) is 2.56. The summed E-state index contributed by atoms with van der Waals surface area (Å²) in [5, 5.41) is 3.71. The maximum absolute atomic E-state index is 13.1. The first-order chi connectivity index (χ1) is 11.5. The number of rotatable bonds is 4. The Hall–Kier alpha value is -3.15. The van der Waals surface area contributed by atoms with E-state index >= 15 is 0 Å². The molecule has 3 aromatic rings. The molecule has 24 heavy (non-hydrogen) atoms. The Bertz CT molecular complexity index is 966. The number of halogens is 1. The van der Waals surface area contributed by atoms with E-state index in [2.05, 4.69) is 5.32 Å². The summed E-state index contributed by atoms with van der Waals surface area (Å²) in [5.74, 6) is -0.403. The van der Waals surface area contributed by atoms with E-state index in [1.807, 2.05) is 0 Å². The van der Waals surface area contributed by atoms with Gasteiger partial charge in [0.25, 0.3) is 11.5 Å². The number of anilines is 1. The molecule has 0 aliphatic carbocycles. The van der Waals surface area contributed by atoms with Crippen molar-refractivity contribution in [1.82, 2.24) is 4.57 Å². The number of carbonyl (C=O) groups excluding carboxylic acids is 1. The molecule has 2 aromatic carbocycles. The van der Waals surface area contributed by atoms with Gasteiger partial charge in [-0.2, -0.15) is 0 Å². The van der Waals surface area contributed by atoms with Crippen LogP contribution in [-0.4, -0.2) is 17.1 Å². The number of ether oxygens (including phenoxy) is 1. The molecule has 1 aromatic heterocycles. The number of amides is 1. The highest BCUT2D eigenvalue weighted by Gasteiger charge is 2.09. The molecule has 0 aliphatic rings. The van der Waals surface area contributed by atoms with Gasteiger partial charge in [-0.25, -0.2) is 4.39 Å². The van der Waals surface area contributed by atoms with Gasteiger partial charge in [-0.05, 0) is 36.4 Å². The molecule has 1 amide bonds. The van der Waals surface area contributed by atoms with Crippen molar-refractivity contribution < 1.29 is 13.9 Å². The summed E-state index contributed by atoms with van der Waals surface area (Å²) in [6, 6.07) is 12.5.